The third-order valence-corrected chi connectivity index (χ3v) is 6.83. The van der Waals surface area contributed by atoms with Crippen molar-refractivity contribution >= 4 is 8.32 Å². The molecule has 0 atom stereocenters. The standard InChI is InChI=1S/C12H26OSi/c1-11(2)10-13-14(3,4)12-8-6-5-7-9-12/h11-12H,5-10H2,1-4H3. The number of hydrogen-bond donors (Lipinski definition) is 0. The van der Waals surface area contributed by atoms with E-state index in [1.807, 2.05) is 0 Å². The van der Waals surface area contributed by atoms with Crippen molar-refractivity contribution < 1.29 is 4.43 Å². The second-order valence-electron chi connectivity index (χ2n) is 5.64. The Morgan fingerprint density at radius 3 is 2.21 bits per heavy atom. The minimum atomic E-state index is -1.37. The zero-order valence-corrected chi connectivity index (χ0v) is 11.3. The molecule has 0 bridgehead atoms. The summed E-state index contributed by atoms with van der Waals surface area (Å²) in [4.78, 5) is 0. The average molecular weight is 214 g/mol. The minimum Gasteiger partial charge on any atom is -0.417 e. The molecule has 0 heterocycles. The van der Waals surface area contributed by atoms with Crippen LogP contribution in [0.5, 0.6) is 0 Å². The molecule has 0 radical (unpaired) electrons. The first kappa shape index (κ1) is 12.2. The highest BCUT2D eigenvalue weighted by molar-refractivity contribution is 6.72. The van der Waals surface area contributed by atoms with Gasteiger partial charge in [0.2, 0.25) is 0 Å². The minimum absolute atomic E-state index is 0.686. The molecule has 84 valence electrons. The van der Waals surface area contributed by atoms with Gasteiger partial charge in [0.15, 0.2) is 8.32 Å². The summed E-state index contributed by atoms with van der Waals surface area (Å²) in [7, 11) is -1.37. The molecule has 1 aliphatic carbocycles. The molecule has 1 nitrogen and oxygen atoms in total. The largest absolute Gasteiger partial charge is 0.417 e. The molecule has 1 aliphatic rings. The van der Waals surface area contributed by atoms with Crippen LogP contribution in [0.1, 0.15) is 46.0 Å². The lowest BCUT2D eigenvalue weighted by Crippen LogP contribution is -2.38. The van der Waals surface area contributed by atoms with Crippen LogP contribution in [-0.2, 0) is 4.43 Å². The second kappa shape index (κ2) is 5.31. The fourth-order valence-corrected chi connectivity index (χ4v) is 5.09. The Hall–Kier alpha value is 0.177. The van der Waals surface area contributed by atoms with Gasteiger partial charge in [0.1, 0.15) is 0 Å². The first-order valence-corrected chi connectivity index (χ1v) is 9.15. The van der Waals surface area contributed by atoms with Gasteiger partial charge in [0.05, 0.1) is 0 Å². The third kappa shape index (κ3) is 3.74. The molecule has 0 unspecified atom stereocenters. The Morgan fingerprint density at radius 2 is 1.71 bits per heavy atom. The first-order chi connectivity index (χ1) is 6.52. The number of rotatable bonds is 4. The fraction of sp³-hybridized carbons (Fsp3) is 1.00. The predicted octanol–water partition coefficient (Wildman–Crippen LogP) is 4.20. The summed E-state index contributed by atoms with van der Waals surface area (Å²) >= 11 is 0. The maximum atomic E-state index is 6.17. The molecule has 0 saturated heterocycles. The molecule has 1 fully saturated rings. The van der Waals surface area contributed by atoms with Gasteiger partial charge in [-0.05, 0) is 24.6 Å². The summed E-state index contributed by atoms with van der Waals surface area (Å²) in [6.07, 6.45) is 7.18. The van der Waals surface area contributed by atoms with E-state index in [0.717, 1.165) is 12.1 Å². The highest BCUT2D eigenvalue weighted by atomic mass is 28.4. The fourth-order valence-electron chi connectivity index (χ4n) is 2.30. The van der Waals surface area contributed by atoms with Crippen molar-refractivity contribution in [2.24, 2.45) is 5.92 Å². The van der Waals surface area contributed by atoms with Crippen LogP contribution in [-0.4, -0.2) is 14.9 Å². The van der Waals surface area contributed by atoms with Crippen LogP contribution in [0.25, 0.3) is 0 Å². The summed E-state index contributed by atoms with van der Waals surface area (Å²) in [6.45, 7) is 10.3. The maximum absolute atomic E-state index is 6.17. The van der Waals surface area contributed by atoms with Crippen LogP contribution >= 0.6 is 0 Å². The van der Waals surface area contributed by atoms with E-state index in [4.69, 9.17) is 4.43 Å². The lowest BCUT2D eigenvalue weighted by molar-refractivity contribution is 0.248. The van der Waals surface area contributed by atoms with Crippen LogP contribution in [0.3, 0.4) is 0 Å². The van der Waals surface area contributed by atoms with Gasteiger partial charge < -0.3 is 4.43 Å². The van der Waals surface area contributed by atoms with E-state index in [-0.39, 0.29) is 0 Å². The normalized spacial score (nSPS) is 20.4. The van der Waals surface area contributed by atoms with E-state index >= 15 is 0 Å². The maximum Gasteiger partial charge on any atom is 0.189 e. The van der Waals surface area contributed by atoms with Crippen molar-refractivity contribution in [1.82, 2.24) is 0 Å². The van der Waals surface area contributed by atoms with E-state index in [0.29, 0.717) is 5.92 Å². The van der Waals surface area contributed by atoms with Gasteiger partial charge in [-0.3, -0.25) is 0 Å². The lowest BCUT2D eigenvalue weighted by atomic mass is 10.0. The van der Waals surface area contributed by atoms with Crippen LogP contribution in [0.15, 0.2) is 0 Å². The second-order valence-corrected chi connectivity index (χ2v) is 9.96. The van der Waals surface area contributed by atoms with E-state index < -0.39 is 8.32 Å². The summed E-state index contributed by atoms with van der Waals surface area (Å²) in [5, 5.41) is 0. The summed E-state index contributed by atoms with van der Waals surface area (Å²) in [5.74, 6) is 0.686. The van der Waals surface area contributed by atoms with E-state index in [9.17, 15) is 0 Å². The molecule has 14 heavy (non-hydrogen) atoms. The van der Waals surface area contributed by atoms with Crippen molar-refractivity contribution in [2.75, 3.05) is 6.61 Å². The molecule has 0 aromatic heterocycles. The van der Waals surface area contributed by atoms with Crippen LogP contribution < -0.4 is 0 Å². The molecule has 0 N–H and O–H groups in total. The Morgan fingerprint density at radius 1 is 1.14 bits per heavy atom. The quantitative estimate of drug-likeness (QED) is 0.637. The van der Waals surface area contributed by atoms with Crippen molar-refractivity contribution in [3.63, 3.8) is 0 Å². The molecule has 0 spiro atoms. The Balaban J connectivity index is 2.37. The van der Waals surface area contributed by atoms with Gasteiger partial charge in [-0.2, -0.15) is 0 Å². The molecule has 1 saturated carbocycles. The molecule has 0 aromatic rings. The molecule has 2 heteroatoms. The van der Waals surface area contributed by atoms with E-state index in [1.54, 1.807) is 0 Å². The van der Waals surface area contributed by atoms with Gasteiger partial charge in [-0.15, -0.1) is 0 Å². The summed E-state index contributed by atoms with van der Waals surface area (Å²) < 4.78 is 6.17. The van der Waals surface area contributed by atoms with Gasteiger partial charge in [-0.25, -0.2) is 0 Å². The monoisotopic (exact) mass is 214 g/mol. The summed E-state index contributed by atoms with van der Waals surface area (Å²) in [6, 6.07) is 0. The average Bonchev–Trinajstić information content (AvgIpc) is 2.16. The van der Waals surface area contributed by atoms with Crippen molar-refractivity contribution in [2.45, 2.75) is 64.6 Å². The topological polar surface area (TPSA) is 9.23 Å². The zero-order chi connectivity index (χ0) is 10.6. The highest BCUT2D eigenvalue weighted by Gasteiger charge is 2.34. The zero-order valence-electron chi connectivity index (χ0n) is 10.3. The molecular weight excluding hydrogens is 188 g/mol. The van der Waals surface area contributed by atoms with Gasteiger partial charge in [-0.1, -0.05) is 46.0 Å². The van der Waals surface area contributed by atoms with Crippen LogP contribution in [0.4, 0.5) is 0 Å². The lowest BCUT2D eigenvalue weighted by Gasteiger charge is -2.35. The molecular formula is C12H26OSi. The number of hydrogen-bond acceptors (Lipinski definition) is 1. The molecule has 1 rings (SSSR count). The Bertz CT molecular complexity index is 160. The smallest absolute Gasteiger partial charge is 0.189 e. The first-order valence-electron chi connectivity index (χ1n) is 6.16. The Kier molecular flexibility index (Phi) is 4.65. The highest BCUT2D eigenvalue weighted by Crippen LogP contribution is 2.37. The SMILES string of the molecule is CC(C)CO[Si](C)(C)C1CCCCC1. The molecule has 0 amide bonds. The van der Waals surface area contributed by atoms with Crippen LogP contribution in [0.2, 0.25) is 18.6 Å². The van der Waals surface area contributed by atoms with Crippen LogP contribution in [0, 0.1) is 5.92 Å². The molecule has 0 aromatic carbocycles. The van der Waals surface area contributed by atoms with Crippen molar-refractivity contribution in [3.8, 4) is 0 Å². The van der Waals surface area contributed by atoms with Gasteiger partial charge in [0.25, 0.3) is 0 Å². The van der Waals surface area contributed by atoms with Gasteiger partial charge >= 0.3 is 0 Å². The third-order valence-electron chi connectivity index (χ3n) is 3.38. The van der Waals surface area contributed by atoms with E-state index in [1.165, 1.54) is 32.1 Å². The van der Waals surface area contributed by atoms with Crippen molar-refractivity contribution in [3.05, 3.63) is 0 Å². The Labute approximate surface area is 90.4 Å². The molecule has 0 aliphatic heterocycles. The summed E-state index contributed by atoms with van der Waals surface area (Å²) in [5.41, 5.74) is 0.926. The van der Waals surface area contributed by atoms with Gasteiger partial charge in [0, 0.05) is 6.61 Å². The van der Waals surface area contributed by atoms with E-state index in [2.05, 4.69) is 26.9 Å². The van der Waals surface area contributed by atoms with Crippen molar-refractivity contribution in [1.29, 1.82) is 0 Å². The predicted molar refractivity (Wildman–Crippen MR) is 65.1 cm³/mol.